The zero-order valence-electron chi connectivity index (χ0n) is 13.5. The van der Waals surface area contributed by atoms with Gasteiger partial charge in [-0.15, -0.1) is 5.10 Å². The number of anilines is 1. The van der Waals surface area contributed by atoms with E-state index >= 15 is 0 Å². The van der Waals surface area contributed by atoms with E-state index in [1.54, 1.807) is 38.1 Å². The molecule has 8 nitrogen and oxygen atoms in total. The van der Waals surface area contributed by atoms with Gasteiger partial charge >= 0.3 is 5.97 Å². The van der Waals surface area contributed by atoms with Gasteiger partial charge in [0.1, 0.15) is 5.82 Å². The number of hydrogen-bond donors (Lipinski definition) is 2. The molecular formula is C16H15N5O3S. The molecule has 0 aliphatic carbocycles. The summed E-state index contributed by atoms with van der Waals surface area (Å²) in [5.41, 5.74) is 1.16. The normalized spacial score (nSPS) is 17.8. The molecule has 1 aliphatic heterocycles. The summed E-state index contributed by atoms with van der Waals surface area (Å²) in [6, 6.07) is 8.99. The number of H-pyrrole nitrogens is 1. The number of thioether (sulfide) groups is 1. The molecule has 2 N–H and O–H groups in total. The molecule has 0 unspecified atom stereocenters. The number of aryl methyl sites for hydroxylation is 1. The topological polar surface area (TPSA) is 112 Å². The second-order valence-corrected chi connectivity index (χ2v) is 6.36. The third-order valence-corrected chi connectivity index (χ3v) is 4.39. The van der Waals surface area contributed by atoms with Gasteiger partial charge in [-0.25, -0.2) is 9.78 Å². The van der Waals surface area contributed by atoms with Crippen LogP contribution in [0.25, 0.3) is 0 Å². The molecule has 2 aromatic rings. The number of aromatic amines is 1. The highest BCUT2D eigenvalue weighted by Gasteiger charge is 2.34. The molecule has 0 fully saturated rings. The van der Waals surface area contributed by atoms with Gasteiger partial charge in [0.25, 0.3) is 5.91 Å². The second-order valence-electron chi connectivity index (χ2n) is 5.35. The Morgan fingerprint density at radius 3 is 2.64 bits per heavy atom. The molecule has 0 saturated carbocycles. The summed E-state index contributed by atoms with van der Waals surface area (Å²) < 4.78 is 0. The van der Waals surface area contributed by atoms with Crippen molar-refractivity contribution in [2.45, 2.75) is 19.0 Å². The van der Waals surface area contributed by atoms with Crippen molar-refractivity contribution in [3.8, 4) is 0 Å². The summed E-state index contributed by atoms with van der Waals surface area (Å²) in [6.07, 6.45) is 1.39. The number of hydrazone groups is 1. The SMILES string of the molecule is CC1=NN(c2ccccc2)C(=O)[C@@H]1/C=C(/Sc1n[nH]c(C)n1)C(=O)O. The van der Waals surface area contributed by atoms with Gasteiger partial charge in [0.15, 0.2) is 0 Å². The van der Waals surface area contributed by atoms with Crippen LogP contribution in [0.3, 0.4) is 0 Å². The van der Waals surface area contributed by atoms with Crippen molar-refractivity contribution in [1.82, 2.24) is 15.2 Å². The first-order valence-electron chi connectivity index (χ1n) is 7.42. The van der Waals surface area contributed by atoms with Crippen LogP contribution >= 0.6 is 11.8 Å². The summed E-state index contributed by atoms with van der Waals surface area (Å²) in [7, 11) is 0. The maximum atomic E-state index is 12.7. The molecule has 0 bridgehead atoms. The quantitative estimate of drug-likeness (QED) is 0.627. The Morgan fingerprint density at radius 2 is 2.04 bits per heavy atom. The zero-order valence-corrected chi connectivity index (χ0v) is 14.3. The summed E-state index contributed by atoms with van der Waals surface area (Å²) in [4.78, 5) is 28.3. The molecule has 1 atom stereocenters. The number of amides is 1. The molecule has 3 rings (SSSR count). The number of carbonyl (C=O) groups excluding carboxylic acids is 1. The van der Waals surface area contributed by atoms with Crippen molar-refractivity contribution in [2.75, 3.05) is 5.01 Å². The van der Waals surface area contributed by atoms with E-state index in [0.29, 0.717) is 17.2 Å². The minimum Gasteiger partial charge on any atom is -0.477 e. The van der Waals surface area contributed by atoms with Crippen molar-refractivity contribution in [2.24, 2.45) is 11.0 Å². The predicted molar refractivity (Wildman–Crippen MR) is 93.2 cm³/mol. The highest BCUT2D eigenvalue weighted by molar-refractivity contribution is 8.03. The Balaban J connectivity index is 1.86. The Bertz CT molecular complexity index is 875. The number of nitrogens with zero attached hydrogens (tertiary/aromatic N) is 4. The Morgan fingerprint density at radius 1 is 1.32 bits per heavy atom. The maximum absolute atomic E-state index is 12.7. The monoisotopic (exact) mass is 357 g/mol. The fourth-order valence-corrected chi connectivity index (χ4v) is 3.05. The first-order chi connectivity index (χ1) is 12.0. The van der Waals surface area contributed by atoms with Gasteiger partial charge in [-0.05, 0) is 43.8 Å². The molecule has 128 valence electrons. The molecule has 0 spiro atoms. The molecule has 1 aromatic heterocycles. The molecule has 2 heterocycles. The van der Waals surface area contributed by atoms with Crippen LogP contribution in [-0.4, -0.2) is 37.9 Å². The van der Waals surface area contributed by atoms with E-state index in [1.165, 1.54) is 11.1 Å². The number of hydrogen-bond acceptors (Lipinski definition) is 6. The third-order valence-electron chi connectivity index (χ3n) is 3.49. The molecule has 1 amide bonds. The van der Waals surface area contributed by atoms with E-state index in [1.807, 2.05) is 6.07 Å². The summed E-state index contributed by atoms with van der Waals surface area (Å²) in [6.45, 7) is 3.42. The van der Waals surface area contributed by atoms with Crippen LogP contribution in [0.4, 0.5) is 5.69 Å². The third kappa shape index (κ3) is 3.61. The molecule has 0 radical (unpaired) electrons. The highest BCUT2D eigenvalue weighted by Crippen LogP contribution is 2.29. The largest absolute Gasteiger partial charge is 0.477 e. The molecule has 25 heavy (non-hydrogen) atoms. The van der Waals surface area contributed by atoms with Crippen LogP contribution in [-0.2, 0) is 9.59 Å². The highest BCUT2D eigenvalue weighted by atomic mass is 32.2. The lowest BCUT2D eigenvalue weighted by atomic mass is 10.0. The van der Waals surface area contributed by atoms with E-state index in [9.17, 15) is 14.7 Å². The van der Waals surface area contributed by atoms with Crippen LogP contribution in [0.15, 0.2) is 51.6 Å². The predicted octanol–water partition coefficient (Wildman–Crippen LogP) is 2.21. The smallest absolute Gasteiger partial charge is 0.342 e. The molecule has 1 aliphatic rings. The van der Waals surface area contributed by atoms with Crippen molar-refractivity contribution < 1.29 is 14.7 Å². The lowest BCUT2D eigenvalue weighted by Gasteiger charge is -2.12. The number of rotatable bonds is 5. The Labute approximate surface area is 147 Å². The van der Waals surface area contributed by atoms with Gasteiger partial charge in [0.05, 0.1) is 22.2 Å². The number of carbonyl (C=O) groups is 2. The number of nitrogens with one attached hydrogen (secondary N) is 1. The van der Waals surface area contributed by atoms with Crippen LogP contribution in [0.1, 0.15) is 12.7 Å². The van der Waals surface area contributed by atoms with Crippen LogP contribution in [0, 0.1) is 12.8 Å². The number of carboxylic acids is 1. The maximum Gasteiger partial charge on any atom is 0.342 e. The minimum absolute atomic E-state index is 0.0261. The van der Waals surface area contributed by atoms with Crippen LogP contribution in [0.5, 0.6) is 0 Å². The van der Waals surface area contributed by atoms with Crippen molar-refractivity contribution in [3.63, 3.8) is 0 Å². The molecule has 9 heteroatoms. The molecule has 0 saturated heterocycles. The average molecular weight is 357 g/mol. The minimum atomic E-state index is -1.15. The van der Waals surface area contributed by atoms with Gasteiger partial charge < -0.3 is 5.11 Å². The van der Waals surface area contributed by atoms with Crippen molar-refractivity contribution in [3.05, 3.63) is 47.1 Å². The number of carboxylic acid groups (broad SMARTS) is 1. The van der Waals surface area contributed by atoms with Crippen LogP contribution in [0.2, 0.25) is 0 Å². The number of aromatic nitrogens is 3. The zero-order chi connectivity index (χ0) is 18.0. The van der Waals surface area contributed by atoms with E-state index < -0.39 is 11.9 Å². The van der Waals surface area contributed by atoms with E-state index in [2.05, 4.69) is 20.3 Å². The first-order valence-corrected chi connectivity index (χ1v) is 8.23. The Hall–Kier alpha value is -2.94. The van der Waals surface area contributed by atoms with Gasteiger partial charge in [-0.1, -0.05) is 18.2 Å². The molecular weight excluding hydrogens is 342 g/mol. The van der Waals surface area contributed by atoms with Gasteiger partial charge in [-0.3, -0.25) is 9.89 Å². The van der Waals surface area contributed by atoms with Gasteiger partial charge in [-0.2, -0.15) is 10.1 Å². The van der Waals surface area contributed by atoms with Crippen LogP contribution < -0.4 is 5.01 Å². The average Bonchev–Trinajstić information content (AvgIpc) is 3.12. The number of benzene rings is 1. The molecule has 1 aromatic carbocycles. The lowest BCUT2D eigenvalue weighted by molar-refractivity contribution is -0.131. The van der Waals surface area contributed by atoms with Crippen molar-refractivity contribution in [1.29, 1.82) is 0 Å². The first kappa shape index (κ1) is 16.9. The van der Waals surface area contributed by atoms with E-state index in [4.69, 9.17) is 0 Å². The van der Waals surface area contributed by atoms with Gasteiger partial charge in [0.2, 0.25) is 5.16 Å². The number of aliphatic carboxylic acids is 1. The number of para-hydroxylation sites is 1. The van der Waals surface area contributed by atoms with E-state index in [0.717, 1.165) is 11.8 Å². The van der Waals surface area contributed by atoms with E-state index in [-0.39, 0.29) is 16.0 Å². The second kappa shape index (κ2) is 6.89. The fourth-order valence-electron chi connectivity index (χ4n) is 2.29. The Kier molecular flexibility index (Phi) is 4.66. The standard InChI is InChI=1S/C16H15N5O3S/c1-9-12(14(22)21(20-9)11-6-4-3-5-7-11)8-13(15(23)24)25-16-17-10(2)18-19-16/h3-8,12H,1-2H3,(H,23,24)(H,17,18,19)/b13-8+/t12-/m1/s1. The lowest BCUT2D eigenvalue weighted by Crippen LogP contribution is -2.26. The summed E-state index contributed by atoms with van der Waals surface area (Å²) >= 11 is 0.888. The summed E-state index contributed by atoms with van der Waals surface area (Å²) in [5.74, 6) is -1.60. The van der Waals surface area contributed by atoms with Gasteiger partial charge in [0, 0.05) is 0 Å². The summed E-state index contributed by atoms with van der Waals surface area (Å²) in [5, 5.41) is 21.8. The van der Waals surface area contributed by atoms with Crippen molar-refractivity contribution >= 4 is 35.0 Å². The fraction of sp³-hybridized carbons (Fsp3) is 0.188.